The van der Waals surface area contributed by atoms with E-state index >= 15 is 0 Å². The monoisotopic (exact) mass is 286 g/mol. The standard InChI is InChI=1S/C13H22N2O5/c1-3-14(9-11(16)17)13(19)15-8-6-5-7-10(15)12(18)20-4-2/h10H,3-9H2,1-2H3,(H,16,17). The number of carboxylic acids is 1. The molecule has 1 N–H and O–H groups in total. The summed E-state index contributed by atoms with van der Waals surface area (Å²) in [6.07, 6.45) is 2.24. The number of ether oxygens (including phenoxy) is 1. The Bertz CT molecular complexity index is 372. The first-order valence-electron chi connectivity index (χ1n) is 6.95. The van der Waals surface area contributed by atoms with Crippen molar-refractivity contribution in [2.75, 3.05) is 26.2 Å². The normalized spacial score (nSPS) is 18.5. The van der Waals surface area contributed by atoms with Gasteiger partial charge in [0.05, 0.1) is 6.61 Å². The van der Waals surface area contributed by atoms with E-state index in [0.29, 0.717) is 13.0 Å². The van der Waals surface area contributed by atoms with Gasteiger partial charge < -0.3 is 19.6 Å². The molecule has 1 aliphatic rings. The van der Waals surface area contributed by atoms with E-state index in [2.05, 4.69) is 0 Å². The molecule has 0 radical (unpaired) electrons. The summed E-state index contributed by atoms with van der Waals surface area (Å²) >= 11 is 0. The van der Waals surface area contributed by atoms with Crippen molar-refractivity contribution in [3.8, 4) is 0 Å². The number of carbonyl (C=O) groups excluding carboxylic acids is 2. The van der Waals surface area contributed by atoms with Gasteiger partial charge in [0.15, 0.2) is 0 Å². The van der Waals surface area contributed by atoms with Gasteiger partial charge in [-0.25, -0.2) is 9.59 Å². The van der Waals surface area contributed by atoms with Crippen LogP contribution in [0.3, 0.4) is 0 Å². The van der Waals surface area contributed by atoms with Gasteiger partial charge in [0, 0.05) is 13.1 Å². The molecule has 1 fully saturated rings. The molecule has 0 aromatic carbocycles. The van der Waals surface area contributed by atoms with Gasteiger partial charge in [-0.15, -0.1) is 0 Å². The van der Waals surface area contributed by atoms with Crippen molar-refractivity contribution in [3.05, 3.63) is 0 Å². The zero-order valence-electron chi connectivity index (χ0n) is 12.0. The second-order valence-electron chi connectivity index (χ2n) is 4.65. The Morgan fingerprint density at radius 2 is 2.00 bits per heavy atom. The van der Waals surface area contributed by atoms with Crippen LogP contribution in [0.2, 0.25) is 0 Å². The molecular weight excluding hydrogens is 264 g/mol. The van der Waals surface area contributed by atoms with Crippen LogP contribution in [0.15, 0.2) is 0 Å². The number of piperidine rings is 1. The number of rotatable bonds is 5. The molecular formula is C13H22N2O5. The summed E-state index contributed by atoms with van der Waals surface area (Å²) in [6, 6.07) is -1.01. The van der Waals surface area contributed by atoms with Gasteiger partial charge in [-0.3, -0.25) is 4.79 Å². The topological polar surface area (TPSA) is 87.2 Å². The summed E-state index contributed by atoms with van der Waals surface area (Å²) < 4.78 is 4.99. The highest BCUT2D eigenvalue weighted by atomic mass is 16.5. The van der Waals surface area contributed by atoms with Crippen LogP contribution in [-0.4, -0.2) is 65.2 Å². The molecule has 7 nitrogen and oxygen atoms in total. The van der Waals surface area contributed by atoms with Crippen molar-refractivity contribution >= 4 is 18.0 Å². The van der Waals surface area contributed by atoms with Gasteiger partial charge in [0.25, 0.3) is 0 Å². The lowest BCUT2D eigenvalue weighted by Gasteiger charge is -2.36. The fourth-order valence-electron chi connectivity index (χ4n) is 2.30. The quantitative estimate of drug-likeness (QED) is 0.760. The second-order valence-corrected chi connectivity index (χ2v) is 4.65. The van der Waals surface area contributed by atoms with Crippen LogP contribution in [0.25, 0.3) is 0 Å². The third-order valence-electron chi connectivity index (χ3n) is 3.29. The van der Waals surface area contributed by atoms with E-state index in [-0.39, 0.29) is 19.7 Å². The number of hydrogen-bond acceptors (Lipinski definition) is 4. The van der Waals surface area contributed by atoms with Crippen LogP contribution in [-0.2, 0) is 14.3 Å². The molecule has 7 heteroatoms. The number of esters is 1. The Kier molecular flexibility index (Phi) is 6.27. The Morgan fingerprint density at radius 1 is 1.30 bits per heavy atom. The van der Waals surface area contributed by atoms with Gasteiger partial charge in [-0.1, -0.05) is 0 Å². The number of hydrogen-bond donors (Lipinski definition) is 1. The molecule has 1 unspecified atom stereocenters. The van der Waals surface area contributed by atoms with E-state index in [0.717, 1.165) is 12.8 Å². The minimum absolute atomic E-state index is 0.268. The highest BCUT2D eigenvalue weighted by Crippen LogP contribution is 2.20. The summed E-state index contributed by atoms with van der Waals surface area (Å²) in [5.41, 5.74) is 0. The van der Waals surface area contributed by atoms with Crippen LogP contribution < -0.4 is 0 Å². The minimum Gasteiger partial charge on any atom is -0.480 e. The highest BCUT2D eigenvalue weighted by molar-refractivity contribution is 5.85. The van der Waals surface area contributed by atoms with Gasteiger partial charge in [-0.2, -0.15) is 0 Å². The number of aliphatic carboxylic acids is 1. The van der Waals surface area contributed by atoms with E-state index in [9.17, 15) is 14.4 Å². The fraction of sp³-hybridized carbons (Fsp3) is 0.769. The predicted octanol–water partition coefficient (Wildman–Crippen LogP) is 0.930. The second kappa shape index (κ2) is 7.72. The molecule has 0 bridgehead atoms. The number of likely N-dealkylation sites (tertiary alicyclic amines) is 1. The highest BCUT2D eigenvalue weighted by Gasteiger charge is 2.35. The number of amides is 2. The average molecular weight is 286 g/mol. The Balaban J connectivity index is 2.80. The Labute approximate surface area is 118 Å². The van der Waals surface area contributed by atoms with Crippen molar-refractivity contribution in [2.24, 2.45) is 0 Å². The molecule has 0 aromatic rings. The first-order chi connectivity index (χ1) is 9.51. The first kappa shape index (κ1) is 16.3. The number of urea groups is 1. The molecule has 1 atom stereocenters. The van der Waals surface area contributed by atoms with E-state index in [1.54, 1.807) is 13.8 Å². The number of carboxylic acid groups (broad SMARTS) is 1. The van der Waals surface area contributed by atoms with E-state index in [1.165, 1.54) is 9.80 Å². The minimum atomic E-state index is -1.06. The summed E-state index contributed by atoms with van der Waals surface area (Å²) in [7, 11) is 0. The molecule has 20 heavy (non-hydrogen) atoms. The smallest absolute Gasteiger partial charge is 0.328 e. The maximum absolute atomic E-state index is 12.4. The summed E-state index contributed by atoms with van der Waals surface area (Å²) in [4.78, 5) is 37.7. The molecule has 114 valence electrons. The maximum atomic E-state index is 12.4. The SMILES string of the molecule is CCOC(=O)C1CCCCN1C(=O)N(CC)CC(=O)O. The van der Waals surface area contributed by atoms with Crippen molar-refractivity contribution in [1.29, 1.82) is 0 Å². The molecule has 1 saturated heterocycles. The molecule has 0 aliphatic carbocycles. The lowest BCUT2D eigenvalue weighted by atomic mass is 10.0. The molecule has 1 aliphatic heterocycles. The number of likely N-dealkylation sites (N-methyl/N-ethyl adjacent to an activating group) is 1. The summed E-state index contributed by atoms with van der Waals surface area (Å²) in [5.74, 6) is -1.48. The van der Waals surface area contributed by atoms with Crippen LogP contribution >= 0.6 is 0 Å². The maximum Gasteiger partial charge on any atom is 0.328 e. The van der Waals surface area contributed by atoms with Crippen LogP contribution in [0.1, 0.15) is 33.1 Å². The average Bonchev–Trinajstić information content (AvgIpc) is 2.44. The Morgan fingerprint density at radius 3 is 2.55 bits per heavy atom. The third kappa shape index (κ3) is 4.11. The first-order valence-corrected chi connectivity index (χ1v) is 6.95. The molecule has 0 saturated carbocycles. The molecule has 0 spiro atoms. The number of carbonyl (C=O) groups is 3. The lowest BCUT2D eigenvalue weighted by Crippen LogP contribution is -2.54. The van der Waals surface area contributed by atoms with Crippen molar-refractivity contribution in [2.45, 2.75) is 39.2 Å². The van der Waals surface area contributed by atoms with Gasteiger partial charge >= 0.3 is 18.0 Å². The third-order valence-corrected chi connectivity index (χ3v) is 3.29. The van der Waals surface area contributed by atoms with Crippen LogP contribution in [0.5, 0.6) is 0 Å². The molecule has 1 heterocycles. The molecule has 0 aromatic heterocycles. The molecule has 1 rings (SSSR count). The van der Waals surface area contributed by atoms with Crippen molar-refractivity contribution < 1.29 is 24.2 Å². The van der Waals surface area contributed by atoms with E-state index < -0.39 is 24.0 Å². The molecule has 2 amide bonds. The summed E-state index contributed by atoms with van der Waals surface area (Å²) in [6.45, 7) is 4.08. The van der Waals surface area contributed by atoms with E-state index in [4.69, 9.17) is 9.84 Å². The van der Waals surface area contributed by atoms with Crippen LogP contribution in [0, 0.1) is 0 Å². The van der Waals surface area contributed by atoms with Crippen molar-refractivity contribution in [3.63, 3.8) is 0 Å². The zero-order chi connectivity index (χ0) is 15.1. The van der Waals surface area contributed by atoms with Gasteiger partial charge in [0.2, 0.25) is 0 Å². The van der Waals surface area contributed by atoms with Gasteiger partial charge in [-0.05, 0) is 33.1 Å². The fourth-order valence-corrected chi connectivity index (χ4v) is 2.30. The summed E-state index contributed by atoms with van der Waals surface area (Å²) in [5, 5.41) is 8.82. The predicted molar refractivity (Wildman–Crippen MR) is 71.3 cm³/mol. The zero-order valence-corrected chi connectivity index (χ0v) is 12.0. The largest absolute Gasteiger partial charge is 0.480 e. The lowest BCUT2D eigenvalue weighted by molar-refractivity contribution is -0.149. The Hall–Kier alpha value is -1.79. The van der Waals surface area contributed by atoms with Crippen LogP contribution in [0.4, 0.5) is 4.79 Å². The van der Waals surface area contributed by atoms with Gasteiger partial charge in [0.1, 0.15) is 12.6 Å². The van der Waals surface area contributed by atoms with E-state index in [1.807, 2.05) is 0 Å². The number of nitrogens with zero attached hydrogens (tertiary/aromatic N) is 2. The van der Waals surface area contributed by atoms with Crippen molar-refractivity contribution in [1.82, 2.24) is 9.80 Å².